The summed E-state index contributed by atoms with van der Waals surface area (Å²) in [6.07, 6.45) is 9.74. The van der Waals surface area contributed by atoms with E-state index in [1.807, 2.05) is 24.3 Å². The van der Waals surface area contributed by atoms with Crippen molar-refractivity contribution in [2.24, 2.45) is 11.8 Å². The molecule has 0 aromatic rings. The highest BCUT2D eigenvalue weighted by Gasteiger charge is 2.52. The lowest BCUT2D eigenvalue weighted by atomic mass is 9.75. The summed E-state index contributed by atoms with van der Waals surface area (Å²) in [6, 6.07) is -0.962. The van der Waals surface area contributed by atoms with Crippen molar-refractivity contribution in [2.45, 2.75) is 56.8 Å². The molecule has 2 aliphatic heterocycles. The summed E-state index contributed by atoms with van der Waals surface area (Å²) in [5.74, 6) is -1.64. The Morgan fingerprint density at radius 2 is 1.46 bits per heavy atom. The van der Waals surface area contributed by atoms with Gasteiger partial charge in [0.25, 0.3) is 11.8 Å². The summed E-state index contributed by atoms with van der Waals surface area (Å²) < 4.78 is 0. The summed E-state index contributed by atoms with van der Waals surface area (Å²) in [5, 5.41) is 15.2. The van der Waals surface area contributed by atoms with Gasteiger partial charge in [0.1, 0.15) is 11.1 Å². The maximum Gasteiger partial charge on any atom is 0.322 e. The molecule has 4 aliphatic rings. The van der Waals surface area contributed by atoms with Gasteiger partial charge >= 0.3 is 12.1 Å². The summed E-state index contributed by atoms with van der Waals surface area (Å²) in [6.45, 7) is 0.592. The van der Waals surface area contributed by atoms with Gasteiger partial charge in [0, 0.05) is 26.4 Å². The van der Waals surface area contributed by atoms with Crippen LogP contribution in [0.5, 0.6) is 0 Å². The lowest BCUT2D eigenvalue weighted by Gasteiger charge is -2.36. The molecule has 2 fully saturated rings. The first kappa shape index (κ1) is 29.7. The number of hydrogen-bond donors (Lipinski definition) is 6. The van der Waals surface area contributed by atoms with E-state index in [2.05, 4.69) is 31.9 Å². The van der Waals surface area contributed by atoms with Gasteiger partial charge in [-0.15, -0.1) is 0 Å². The van der Waals surface area contributed by atoms with E-state index in [1.165, 1.54) is 0 Å². The average Bonchev–Trinajstić information content (AvgIpc) is 3.31. The fourth-order valence-electron chi connectivity index (χ4n) is 4.80. The first-order chi connectivity index (χ1) is 17.2. The second-order valence-electron chi connectivity index (χ2n) is 8.96. The van der Waals surface area contributed by atoms with Gasteiger partial charge in [0.05, 0.1) is 15.7 Å². The van der Waals surface area contributed by atoms with Gasteiger partial charge in [0.2, 0.25) is 11.8 Å². The molecule has 4 atom stereocenters. The number of urea groups is 2. The number of amides is 8. The van der Waals surface area contributed by atoms with E-state index in [-0.39, 0.29) is 63.5 Å². The van der Waals surface area contributed by atoms with Gasteiger partial charge in [-0.3, -0.25) is 29.8 Å². The third-order valence-corrected chi connectivity index (χ3v) is 6.80. The van der Waals surface area contributed by atoms with Crippen molar-refractivity contribution >= 4 is 51.4 Å². The largest absolute Gasteiger partial charge is 0.356 e. The van der Waals surface area contributed by atoms with E-state index in [0.717, 1.165) is 6.42 Å². The van der Waals surface area contributed by atoms with E-state index in [1.54, 1.807) is 0 Å². The molecule has 0 aromatic carbocycles. The predicted molar refractivity (Wildman–Crippen MR) is 139 cm³/mol. The van der Waals surface area contributed by atoms with Crippen LogP contribution in [0.15, 0.2) is 24.3 Å². The number of carbonyl (C=O) groups is 6. The number of allylic oxidation sites excluding steroid dienone is 2. The highest BCUT2D eigenvalue weighted by atomic mass is 16.2. The molecular weight excluding hydrogens is 478 g/mol. The number of imide groups is 2. The van der Waals surface area contributed by atoms with Gasteiger partial charge in [-0.1, -0.05) is 31.7 Å². The molecule has 2 heterocycles. The molecule has 37 heavy (non-hydrogen) atoms. The monoisotopic (exact) mass is 513 g/mol. The molecule has 0 aromatic heterocycles. The minimum Gasteiger partial charge on any atom is -0.356 e. The normalized spacial score (nSPS) is 29.3. The van der Waals surface area contributed by atoms with Crippen molar-refractivity contribution in [3.8, 4) is 0 Å². The van der Waals surface area contributed by atoms with Crippen LogP contribution in [0.3, 0.4) is 0 Å². The molecule has 4 radical (unpaired) electrons. The van der Waals surface area contributed by atoms with Crippen molar-refractivity contribution in [3.63, 3.8) is 0 Å². The molecule has 4 unspecified atom stereocenters. The Morgan fingerprint density at radius 3 is 2.00 bits per heavy atom. The maximum absolute atomic E-state index is 11.9. The summed E-state index contributed by atoms with van der Waals surface area (Å²) >= 11 is 0. The van der Waals surface area contributed by atoms with Crippen molar-refractivity contribution < 1.29 is 30.2 Å². The van der Waals surface area contributed by atoms with Crippen LogP contribution < -0.4 is 31.9 Å². The van der Waals surface area contributed by atoms with Gasteiger partial charge < -0.3 is 21.3 Å². The van der Waals surface area contributed by atoms with Gasteiger partial charge in [0.15, 0.2) is 0 Å². The second-order valence-corrected chi connectivity index (χ2v) is 8.96. The standard InChI is InChI=1S/2C11H14BN3O3.CH4.H2/c2*12-5-8(16)13-6-7-3-1-2-4-11(7)9(17)14-10(18)15-11;;/h1,3,7H,2,4-6H2,(H,13,16)(H2,14,15,17,18);1-2,7H,3-6H2,(H,13,16)(H2,14,15,17,18);1H4;1H/i;;;1+1. The maximum atomic E-state index is 11.9. The lowest BCUT2D eigenvalue weighted by Crippen LogP contribution is -2.56. The molecule has 14 heteroatoms. The molecule has 2 saturated heterocycles. The van der Waals surface area contributed by atoms with Crippen molar-refractivity contribution in [3.05, 3.63) is 24.3 Å². The van der Waals surface area contributed by atoms with Crippen LogP contribution in [0.2, 0.25) is 12.6 Å². The predicted octanol–water partition coefficient (Wildman–Crippen LogP) is -0.650. The van der Waals surface area contributed by atoms with Crippen LogP contribution in [0.25, 0.3) is 0 Å². The average molecular weight is 513 g/mol. The van der Waals surface area contributed by atoms with Gasteiger partial charge in [-0.05, 0) is 38.3 Å². The molecule has 0 bridgehead atoms. The molecule has 2 spiro atoms. The van der Waals surface area contributed by atoms with E-state index < -0.39 is 23.1 Å². The first-order valence-corrected chi connectivity index (χ1v) is 11.7. The van der Waals surface area contributed by atoms with Crippen LogP contribution in [-0.4, -0.2) is 75.6 Å². The molecule has 6 N–H and O–H groups in total. The van der Waals surface area contributed by atoms with Crippen LogP contribution in [0.4, 0.5) is 9.59 Å². The third-order valence-electron chi connectivity index (χ3n) is 6.80. The van der Waals surface area contributed by atoms with Gasteiger partial charge in [-0.2, -0.15) is 0 Å². The molecule has 2 aliphatic carbocycles. The molecular formula is C23H34B2N6O6. The topological polar surface area (TPSA) is 175 Å². The Morgan fingerprint density at radius 1 is 0.892 bits per heavy atom. The van der Waals surface area contributed by atoms with Crippen LogP contribution in [-0.2, 0) is 19.2 Å². The summed E-state index contributed by atoms with van der Waals surface area (Å²) in [4.78, 5) is 68.7. The second kappa shape index (κ2) is 12.6. The molecule has 198 valence electrons. The highest BCUT2D eigenvalue weighted by Crippen LogP contribution is 2.33. The van der Waals surface area contributed by atoms with Crippen molar-refractivity contribution in [1.82, 2.24) is 31.9 Å². The Kier molecular flexibility index (Phi) is 10.1. The highest BCUT2D eigenvalue weighted by molar-refractivity contribution is 6.20. The molecule has 12 nitrogen and oxygen atoms in total. The first-order valence-electron chi connectivity index (χ1n) is 11.7. The smallest absolute Gasteiger partial charge is 0.322 e. The zero-order valence-electron chi connectivity index (χ0n) is 19.7. The number of rotatable bonds is 6. The number of nitrogens with one attached hydrogen (secondary N) is 6. The third kappa shape index (κ3) is 6.41. The van der Waals surface area contributed by atoms with Crippen LogP contribution in [0, 0.1) is 11.8 Å². The fourth-order valence-corrected chi connectivity index (χ4v) is 4.80. The van der Waals surface area contributed by atoms with E-state index in [0.29, 0.717) is 25.8 Å². The fraction of sp³-hybridized carbons (Fsp3) is 0.565. The zero-order chi connectivity index (χ0) is 26.3. The van der Waals surface area contributed by atoms with E-state index in [9.17, 15) is 28.8 Å². The number of carbonyl (C=O) groups excluding carboxylic acids is 6. The molecule has 0 saturated carbocycles. The molecule has 8 amide bonds. The summed E-state index contributed by atoms with van der Waals surface area (Å²) in [7, 11) is 10.4. The van der Waals surface area contributed by atoms with Crippen LogP contribution >= 0.6 is 0 Å². The van der Waals surface area contributed by atoms with E-state index >= 15 is 0 Å². The minimum atomic E-state index is -0.937. The van der Waals surface area contributed by atoms with Gasteiger partial charge in [-0.25, -0.2) is 9.59 Å². The Balaban J connectivity index is 0.000000361. The van der Waals surface area contributed by atoms with Crippen LogP contribution in [0.1, 0.15) is 34.5 Å². The SMILES string of the molecule is C.[2HH].[B]CC(=O)NCC1C=CCCC12NC(=O)NC2=O.[B]CC(=O)NCC1CC=CCC12NC(=O)NC2=O. The lowest BCUT2D eigenvalue weighted by molar-refractivity contribution is -0.127. The van der Waals surface area contributed by atoms with Crippen molar-refractivity contribution in [1.29, 1.82) is 0 Å². The Labute approximate surface area is 219 Å². The zero-order valence-corrected chi connectivity index (χ0v) is 19.7. The van der Waals surface area contributed by atoms with Crippen molar-refractivity contribution in [2.75, 3.05) is 13.1 Å². The minimum absolute atomic E-state index is 0. The number of hydrogen-bond acceptors (Lipinski definition) is 6. The Bertz CT molecular complexity index is 981. The Hall–Kier alpha value is -3.57. The van der Waals surface area contributed by atoms with E-state index in [4.69, 9.17) is 15.7 Å². The quantitative estimate of drug-likeness (QED) is 0.156. The summed E-state index contributed by atoms with van der Waals surface area (Å²) in [5.41, 5.74) is -1.87. The molecule has 4 rings (SSSR count).